The van der Waals surface area contributed by atoms with E-state index in [4.69, 9.17) is 0 Å². The molecule has 168 valence electrons. The number of carbonyl (C=O) groups is 1. The fraction of sp³-hybridized carbons (Fsp3) is 0.435. The molecule has 0 radical (unpaired) electrons. The highest BCUT2D eigenvalue weighted by molar-refractivity contribution is 7.92. The summed E-state index contributed by atoms with van der Waals surface area (Å²) in [6, 6.07) is 12.2. The van der Waals surface area contributed by atoms with E-state index in [2.05, 4.69) is 21.9 Å². The molecule has 3 rings (SSSR count). The predicted octanol–water partition coefficient (Wildman–Crippen LogP) is 3.08. The second-order valence-corrected chi connectivity index (χ2v) is 9.57. The largest absolute Gasteiger partial charge is 0.367 e. The van der Waals surface area contributed by atoms with Crippen LogP contribution in [0.2, 0.25) is 0 Å². The number of aryl methyl sites for hydroxylation is 1. The summed E-state index contributed by atoms with van der Waals surface area (Å²) in [6.45, 7) is 7.70. The van der Waals surface area contributed by atoms with Crippen LogP contribution in [0.1, 0.15) is 35.7 Å². The van der Waals surface area contributed by atoms with Crippen LogP contribution in [-0.2, 0) is 10.0 Å². The molecule has 1 fully saturated rings. The van der Waals surface area contributed by atoms with Gasteiger partial charge in [-0.3, -0.25) is 9.52 Å². The molecule has 0 spiro atoms. The van der Waals surface area contributed by atoms with Gasteiger partial charge in [-0.2, -0.15) is 0 Å². The van der Waals surface area contributed by atoms with Gasteiger partial charge in [-0.05, 0) is 43.2 Å². The number of nitrogens with one attached hydrogen (secondary N) is 2. The Morgan fingerprint density at radius 1 is 1.16 bits per heavy atom. The predicted molar refractivity (Wildman–Crippen MR) is 125 cm³/mol. The number of unbranched alkanes of at least 4 members (excludes halogenated alkanes) is 1. The molecule has 1 saturated heterocycles. The smallest absolute Gasteiger partial charge is 0.262 e. The summed E-state index contributed by atoms with van der Waals surface area (Å²) in [7, 11) is -2.02. The Morgan fingerprint density at radius 3 is 2.55 bits per heavy atom. The van der Waals surface area contributed by atoms with Gasteiger partial charge in [0.05, 0.1) is 16.3 Å². The molecule has 2 aromatic rings. The average Bonchev–Trinajstić information content (AvgIpc) is 2.77. The first-order chi connectivity index (χ1) is 14.8. The molecule has 7 nitrogen and oxygen atoms in total. The molecule has 1 heterocycles. The van der Waals surface area contributed by atoms with Crippen LogP contribution in [0.15, 0.2) is 47.4 Å². The zero-order chi connectivity index (χ0) is 22.4. The minimum Gasteiger partial charge on any atom is -0.367 e. The number of hydrogen-bond donors (Lipinski definition) is 2. The monoisotopic (exact) mass is 444 g/mol. The first-order valence-electron chi connectivity index (χ1n) is 10.8. The summed E-state index contributed by atoms with van der Waals surface area (Å²) >= 11 is 0. The molecular weight excluding hydrogens is 412 g/mol. The van der Waals surface area contributed by atoms with Gasteiger partial charge in [-0.15, -0.1) is 0 Å². The fourth-order valence-electron chi connectivity index (χ4n) is 3.71. The van der Waals surface area contributed by atoms with Crippen molar-refractivity contribution in [3.8, 4) is 0 Å². The molecular formula is C23H32N4O3S. The lowest BCUT2D eigenvalue weighted by atomic mass is 10.1. The van der Waals surface area contributed by atoms with E-state index in [9.17, 15) is 13.2 Å². The summed E-state index contributed by atoms with van der Waals surface area (Å²) < 4.78 is 29.1. The van der Waals surface area contributed by atoms with Crippen LogP contribution in [0.25, 0.3) is 0 Å². The summed E-state index contributed by atoms with van der Waals surface area (Å²) in [4.78, 5) is 17.0. The van der Waals surface area contributed by atoms with Crippen LogP contribution in [0.3, 0.4) is 0 Å². The number of amides is 1. The molecule has 2 N–H and O–H groups in total. The van der Waals surface area contributed by atoms with Gasteiger partial charge in [0.25, 0.3) is 15.9 Å². The van der Waals surface area contributed by atoms with E-state index < -0.39 is 10.0 Å². The lowest BCUT2D eigenvalue weighted by molar-refractivity contribution is 0.0793. The van der Waals surface area contributed by atoms with E-state index in [-0.39, 0.29) is 10.8 Å². The molecule has 1 aliphatic heterocycles. The van der Waals surface area contributed by atoms with Crippen molar-refractivity contribution >= 4 is 27.3 Å². The number of rotatable bonds is 8. The molecule has 1 aliphatic rings. The summed E-state index contributed by atoms with van der Waals surface area (Å²) in [5.74, 6) is -0.114. The van der Waals surface area contributed by atoms with E-state index in [1.807, 2.05) is 12.1 Å². The number of benzene rings is 2. The van der Waals surface area contributed by atoms with E-state index in [1.54, 1.807) is 49.2 Å². The van der Waals surface area contributed by atoms with Crippen molar-refractivity contribution in [1.82, 2.24) is 10.2 Å². The summed E-state index contributed by atoms with van der Waals surface area (Å²) in [5, 5.41) is 3.31. The Morgan fingerprint density at radius 2 is 1.87 bits per heavy atom. The van der Waals surface area contributed by atoms with Gasteiger partial charge in [0.2, 0.25) is 0 Å². The van der Waals surface area contributed by atoms with Gasteiger partial charge in [-0.1, -0.05) is 31.5 Å². The maximum Gasteiger partial charge on any atom is 0.262 e. The molecule has 1 amide bonds. The Hall–Kier alpha value is -2.58. The Kier molecular flexibility index (Phi) is 7.56. The number of nitrogens with zero attached hydrogens (tertiary/aromatic N) is 2. The van der Waals surface area contributed by atoms with Crippen molar-refractivity contribution in [2.75, 3.05) is 49.4 Å². The molecule has 0 aromatic heterocycles. The normalized spacial score (nSPS) is 14.4. The molecule has 31 heavy (non-hydrogen) atoms. The van der Waals surface area contributed by atoms with Gasteiger partial charge < -0.3 is 15.1 Å². The van der Waals surface area contributed by atoms with Gasteiger partial charge >= 0.3 is 0 Å². The quantitative estimate of drug-likeness (QED) is 0.654. The Labute approximate surface area is 185 Å². The first-order valence-corrected chi connectivity index (χ1v) is 12.3. The second-order valence-electron chi connectivity index (χ2n) is 7.92. The minimum atomic E-state index is -3.80. The van der Waals surface area contributed by atoms with Crippen LogP contribution in [0, 0.1) is 6.92 Å². The molecule has 0 atom stereocenters. The zero-order valence-electron chi connectivity index (χ0n) is 18.5. The van der Waals surface area contributed by atoms with E-state index >= 15 is 0 Å². The highest BCUT2D eigenvalue weighted by Gasteiger charge is 2.23. The number of sulfonamides is 1. The second kappa shape index (κ2) is 10.2. The van der Waals surface area contributed by atoms with Crippen molar-refractivity contribution in [2.45, 2.75) is 31.6 Å². The number of hydrogen-bond acceptors (Lipinski definition) is 5. The van der Waals surface area contributed by atoms with Gasteiger partial charge in [0.15, 0.2) is 0 Å². The van der Waals surface area contributed by atoms with Crippen LogP contribution < -0.4 is 14.9 Å². The highest BCUT2D eigenvalue weighted by atomic mass is 32.2. The van der Waals surface area contributed by atoms with Crippen LogP contribution in [-0.4, -0.2) is 59.0 Å². The first kappa shape index (κ1) is 23.1. The van der Waals surface area contributed by atoms with E-state index in [0.29, 0.717) is 23.4 Å². The average molecular weight is 445 g/mol. The van der Waals surface area contributed by atoms with E-state index in [0.717, 1.165) is 44.7 Å². The van der Waals surface area contributed by atoms with Gasteiger partial charge in [0.1, 0.15) is 0 Å². The topological polar surface area (TPSA) is 81.8 Å². The van der Waals surface area contributed by atoms with Gasteiger partial charge in [0, 0.05) is 45.3 Å². The third kappa shape index (κ3) is 5.57. The van der Waals surface area contributed by atoms with Crippen molar-refractivity contribution in [1.29, 1.82) is 0 Å². The molecule has 2 aromatic carbocycles. The Balaban J connectivity index is 1.98. The van der Waals surface area contributed by atoms with Crippen molar-refractivity contribution < 1.29 is 13.2 Å². The maximum absolute atomic E-state index is 13.2. The zero-order valence-corrected chi connectivity index (χ0v) is 19.3. The lowest BCUT2D eigenvalue weighted by Crippen LogP contribution is -2.43. The minimum absolute atomic E-state index is 0.114. The summed E-state index contributed by atoms with van der Waals surface area (Å²) in [5.41, 5.74) is 2.36. The van der Waals surface area contributed by atoms with Crippen LogP contribution in [0.5, 0.6) is 0 Å². The maximum atomic E-state index is 13.2. The molecule has 0 aliphatic carbocycles. The molecule has 0 unspecified atom stereocenters. The van der Waals surface area contributed by atoms with E-state index in [1.165, 1.54) is 0 Å². The van der Waals surface area contributed by atoms with Crippen LogP contribution >= 0.6 is 0 Å². The third-order valence-corrected chi connectivity index (χ3v) is 7.05. The number of anilines is 2. The molecule has 8 heteroatoms. The highest BCUT2D eigenvalue weighted by Crippen LogP contribution is 2.31. The third-order valence-electron chi connectivity index (χ3n) is 5.52. The van der Waals surface area contributed by atoms with Crippen molar-refractivity contribution in [2.24, 2.45) is 0 Å². The van der Waals surface area contributed by atoms with Crippen LogP contribution in [0.4, 0.5) is 11.4 Å². The van der Waals surface area contributed by atoms with Gasteiger partial charge in [-0.25, -0.2) is 8.42 Å². The van der Waals surface area contributed by atoms with Crippen molar-refractivity contribution in [3.05, 3.63) is 53.6 Å². The molecule has 0 saturated carbocycles. The number of carbonyl (C=O) groups excluding carboxylic acids is 1. The fourth-order valence-corrected chi connectivity index (χ4v) is 5.02. The van der Waals surface area contributed by atoms with Crippen molar-refractivity contribution in [3.63, 3.8) is 0 Å². The lowest BCUT2D eigenvalue weighted by Gasteiger charge is -2.31. The summed E-state index contributed by atoms with van der Waals surface area (Å²) in [6.07, 6.45) is 1.93. The number of piperazine rings is 1. The Bertz CT molecular complexity index is 1020. The standard InChI is InChI=1S/C23H32N4O3S/c1-4-5-14-26(3)23(28)19-10-11-21(27-15-12-24-13-16-27)20(17-19)25-31(29,30)22-9-7-6-8-18(22)2/h6-11,17,24-25H,4-5,12-16H2,1-3H3. The SMILES string of the molecule is CCCCN(C)C(=O)c1ccc(N2CCNCC2)c(NS(=O)(=O)c2ccccc2C)c1. The molecule has 0 bridgehead atoms.